The summed E-state index contributed by atoms with van der Waals surface area (Å²) in [5.74, 6) is 0.0399. The third-order valence-electron chi connectivity index (χ3n) is 5.28. The van der Waals surface area contributed by atoms with E-state index in [4.69, 9.17) is 4.74 Å². The molecule has 0 amide bonds. The number of piperidine rings is 1. The topological polar surface area (TPSA) is 32.8 Å². The van der Waals surface area contributed by atoms with Gasteiger partial charge in [-0.3, -0.25) is 14.6 Å². The summed E-state index contributed by atoms with van der Waals surface area (Å²) < 4.78 is 5.57. The summed E-state index contributed by atoms with van der Waals surface area (Å²) in [6, 6.07) is 11.3. The van der Waals surface area contributed by atoms with Crippen LogP contribution < -0.4 is 0 Å². The van der Waals surface area contributed by atoms with Gasteiger partial charge in [-0.15, -0.1) is 0 Å². The molecule has 1 aromatic carbocycles. The Morgan fingerprint density at radius 2 is 1.76 bits per heavy atom. The Kier molecular flexibility index (Phi) is 5.80. The van der Waals surface area contributed by atoms with E-state index < -0.39 is 0 Å². The van der Waals surface area contributed by atoms with E-state index in [0.29, 0.717) is 6.04 Å². The molecule has 0 bridgehead atoms. The first-order valence-corrected chi connectivity index (χ1v) is 9.64. The van der Waals surface area contributed by atoms with Gasteiger partial charge in [0.25, 0.3) is 0 Å². The molecule has 0 radical (unpaired) electrons. The second-order valence-electron chi connectivity index (χ2n) is 8.51. The smallest absolute Gasteiger partial charge is 0.310 e. The maximum atomic E-state index is 12.3. The van der Waals surface area contributed by atoms with E-state index in [9.17, 15) is 4.79 Å². The first-order chi connectivity index (χ1) is 11.9. The van der Waals surface area contributed by atoms with E-state index in [1.165, 1.54) is 18.4 Å². The lowest BCUT2D eigenvalue weighted by atomic mass is 10.0. The number of carbonyl (C=O) groups excluding carboxylic acids is 1. The minimum Gasteiger partial charge on any atom is -0.460 e. The van der Waals surface area contributed by atoms with Gasteiger partial charge in [0, 0.05) is 19.1 Å². The van der Waals surface area contributed by atoms with Crippen molar-refractivity contribution in [1.29, 1.82) is 0 Å². The molecule has 3 rings (SSSR count). The molecule has 4 heteroatoms. The van der Waals surface area contributed by atoms with Gasteiger partial charge in [-0.05, 0) is 65.2 Å². The van der Waals surface area contributed by atoms with Crippen molar-refractivity contribution >= 4 is 5.97 Å². The number of ether oxygens (including phenoxy) is 1. The Morgan fingerprint density at radius 1 is 1.08 bits per heavy atom. The molecule has 2 heterocycles. The number of hydrogen-bond donors (Lipinski definition) is 0. The van der Waals surface area contributed by atoms with Gasteiger partial charge >= 0.3 is 5.97 Å². The Morgan fingerprint density at radius 3 is 2.40 bits per heavy atom. The molecule has 2 aliphatic rings. The van der Waals surface area contributed by atoms with Crippen LogP contribution in [0.15, 0.2) is 30.3 Å². The minimum absolute atomic E-state index is 0.0171. The molecule has 0 unspecified atom stereocenters. The molecule has 138 valence electrons. The van der Waals surface area contributed by atoms with Crippen molar-refractivity contribution < 1.29 is 9.53 Å². The summed E-state index contributed by atoms with van der Waals surface area (Å²) in [5, 5.41) is 0. The number of benzene rings is 1. The third kappa shape index (κ3) is 5.29. The highest BCUT2D eigenvalue weighted by atomic mass is 16.6. The third-order valence-corrected chi connectivity index (χ3v) is 5.28. The van der Waals surface area contributed by atoms with E-state index in [-0.39, 0.29) is 17.5 Å². The summed E-state index contributed by atoms with van der Waals surface area (Å²) >= 11 is 0. The summed E-state index contributed by atoms with van der Waals surface area (Å²) in [5.41, 5.74) is 1.01. The molecule has 1 aromatic rings. The minimum atomic E-state index is -0.382. The fourth-order valence-corrected chi connectivity index (χ4v) is 3.98. The quantitative estimate of drug-likeness (QED) is 0.785. The van der Waals surface area contributed by atoms with Crippen LogP contribution in [0.25, 0.3) is 0 Å². The molecular weight excluding hydrogens is 312 g/mol. The lowest BCUT2D eigenvalue weighted by Gasteiger charge is -2.36. The maximum Gasteiger partial charge on any atom is 0.310 e. The van der Waals surface area contributed by atoms with Crippen molar-refractivity contribution in [3.05, 3.63) is 35.9 Å². The fourth-order valence-electron chi connectivity index (χ4n) is 3.98. The summed E-state index contributed by atoms with van der Waals surface area (Å²) in [6.07, 6.45) is 3.35. The molecule has 0 saturated carbocycles. The average Bonchev–Trinajstić information content (AvgIpc) is 3.05. The number of hydrogen-bond acceptors (Lipinski definition) is 4. The number of nitrogens with zero attached hydrogens (tertiary/aromatic N) is 2. The van der Waals surface area contributed by atoms with Crippen LogP contribution in [0.3, 0.4) is 0 Å². The van der Waals surface area contributed by atoms with Gasteiger partial charge in [0.15, 0.2) is 0 Å². The predicted octanol–water partition coefficient (Wildman–Crippen LogP) is 3.31. The largest absolute Gasteiger partial charge is 0.460 e. The van der Waals surface area contributed by atoms with Crippen molar-refractivity contribution in [2.75, 3.05) is 26.2 Å². The lowest BCUT2D eigenvalue weighted by molar-refractivity contribution is -0.159. The lowest BCUT2D eigenvalue weighted by Crippen LogP contribution is -2.44. The van der Waals surface area contributed by atoms with Gasteiger partial charge < -0.3 is 4.74 Å². The SMILES string of the molecule is CC(C)(C)OC(=O)[C@H]1CCN(C2CCN(Cc3ccccc3)CC2)C1. The highest BCUT2D eigenvalue weighted by Gasteiger charge is 2.35. The van der Waals surface area contributed by atoms with Gasteiger partial charge in [-0.25, -0.2) is 0 Å². The summed E-state index contributed by atoms with van der Waals surface area (Å²) in [6.45, 7) is 11.1. The molecule has 2 saturated heterocycles. The van der Waals surface area contributed by atoms with Gasteiger partial charge in [0.05, 0.1) is 5.92 Å². The van der Waals surface area contributed by atoms with Crippen LogP contribution in [0.4, 0.5) is 0 Å². The van der Waals surface area contributed by atoms with Crippen LogP contribution in [0.2, 0.25) is 0 Å². The zero-order valence-electron chi connectivity index (χ0n) is 15.9. The van der Waals surface area contributed by atoms with E-state index in [1.807, 2.05) is 20.8 Å². The van der Waals surface area contributed by atoms with Crippen LogP contribution in [0, 0.1) is 5.92 Å². The van der Waals surface area contributed by atoms with Crippen LogP contribution in [0.1, 0.15) is 45.6 Å². The van der Waals surface area contributed by atoms with E-state index in [1.54, 1.807) is 0 Å². The molecule has 1 atom stereocenters. The van der Waals surface area contributed by atoms with Gasteiger partial charge in [0.1, 0.15) is 5.60 Å². The first kappa shape index (κ1) is 18.4. The molecule has 0 spiro atoms. The van der Waals surface area contributed by atoms with Crippen molar-refractivity contribution in [2.24, 2.45) is 5.92 Å². The first-order valence-electron chi connectivity index (χ1n) is 9.64. The molecule has 0 aliphatic carbocycles. The molecule has 4 nitrogen and oxygen atoms in total. The zero-order chi connectivity index (χ0) is 17.9. The normalized spacial score (nSPS) is 23.7. The second-order valence-corrected chi connectivity index (χ2v) is 8.51. The van der Waals surface area contributed by atoms with Crippen molar-refractivity contribution in [2.45, 2.75) is 58.2 Å². The van der Waals surface area contributed by atoms with Crippen molar-refractivity contribution in [1.82, 2.24) is 9.80 Å². The standard InChI is InChI=1S/C21H32N2O2/c1-21(2,3)25-20(24)18-9-14-23(16-18)19-10-12-22(13-11-19)15-17-7-5-4-6-8-17/h4-8,18-19H,9-16H2,1-3H3/t18-/m0/s1. The molecule has 25 heavy (non-hydrogen) atoms. The van der Waals surface area contributed by atoms with E-state index >= 15 is 0 Å². The number of esters is 1. The maximum absolute atomic E-state index is 12.3. The molecular formula is C21H32N2O2. The zero-order valence-corrected chi connectivity index (χ0v) is 15.9. The molecule has 0 aromatic heterocycles. The van der Waals surface area contributed by atoms with Crippen LogP contribution in [-0.4, -0.2) is 53.6 Å². The fraction of sp³-hybridized carbons (Fsp3) is 0.667. The predicted molar refractivity (Wildman–Crippen MR) is 100 cm³/mol. The second kappa shape index (κ2) is 7.88. The summed E-state index contributed by atoms with van der Waals surface area (Å²) in [4.78, 5) is 17.4. The van der Waals surface area contributed by atoms with Gasteiger partial charge in [0.2, 0.25) is 0 Å². The Labute approximate surface area is 152 Å². The Hall–Kier alpha value is -1.39. The Balaban J connectivity index is 1.44. The molecule has 0 N–H and O–H groups in total. The number of likely N-dealkylation sites (tertiary alicyclic amines) is 2. The van der Waals surface area contributed by atoms with Gasteiger partial charge in [-0.1, -0.05) is 30.3 Å². The van der Waals surface area contributed by atoms with Crippen LogP contribution >= 0.6 is 0 Å². The van der Waals surface area contributed by atoms with Gasteiger partial charge in [-0.2, -0.15) is 0 Å². The van der Waals surface area contributed by atoms with Crippen molar-refractivity contribution in [3.63, 3.8) is 0 Å². The van der Waals surface area contributed by atoms with Crippen LogP contribution in [-0.2, 0) is 16.1 Å². The van der Waals surface area contributed by atoms with E-state index in [0.717, 1.165) is 39.1 Å². The van der Waals surface area contributed by atoms with E-state index in [2.05, 4.69) is 40.1 Å². The number of carbonyl (C=O) groups is 1. The highest BCUT2D eigenvalue weighted by Crippen LogP contribution is 2.26. The molecule has 2 aliphatic heterocycles. The Bertz CT molecular complexity index is 559. The summed E-state index contributed by atoms with van der Waals surface area (Å²) in [7, 11) is 0. The van der Waals surface area contributed by atoms with Crippen molar-refractivity contribution in [3.8, 4) is 0 Å². The monoisotopic (exact) mass is 344 g/mol. The number of rotatable bonds is 4. The highest BCUT2D eigenvalue weighted by molar-refractivity contribution is 5.73. The molecule has 2 fully saturated rings. The average molecular weight is 344 g/mol. The van der Waals surface area contributed by atoms with Crippen LogP contribution in [0.5, 0.6) is 0 Å².